The maximum absolute atomic E-state index is 11.6. The number of nitrogens with zero attached hydrogens (tertiary/aromatic N) is 2. The Labute approximate surface area is 176 Å². The van der Waals surface area contributed by atoms with Gasteiger partial charge in [-0.1, -0.05) is 43.6 Å². The van der Waals surface area contributed by atoms with E-state index in [0.717, 1.165) is 0 Å². The second-order valence-corrected chi connectivity index (χ2v) is 7.32. The average molecular weight is 425 g/mol. The smallest absolute Gasteiger partial charge is 0.407 e. The van der Waals surface area contributed by atoms with E-state index < -0.39 is 16.6 Å². The lowest BCUT2D eigenvalue weighted by Gasteiger charge is -2.19. The minimum Gasteiger partial charge on any atom is -0.444 e. The van der Waals surface area contributed by atoms with Gasteiger partial charge in [-0.2, -0.15) is 0 Å². The van der Waals surface area contributed by atoms with Gasteiger partial charge in [0, 0.05) is 18.5 Å². The molecular formula is C20H29ClN4O4. The van der Waals surface area contributed by atoms with Crippen LogP contribution in [-0.4, -0.2) is 34.7 Å². The van der Waals surface area contributed by atoms with Gasteiger partial charge in [0.2, 0.25) is 5.15 Å². The van der Waals surface area contributed by atoms with E-state index >= 15 is 0 Å². The summed E-state index contributed by atoms with van der Waals surface area (Å²) >= 11 is 6.00. The number of para-hydroxylation sites is 1. The lowest BCUT2D eigenvalue weighted by atomic mass is 10.1. The fourth-order valence-electron chi connectivity index (χ4n) is 2.49. The van der Waals surface area contributed by atoms with Crippen LogP contribution in [0.15, 0.2) is 24.3 Å². The third kappa shape index (κ3) is 7.73. The van der Waals surface area contributed by atoms with Crippen molar-refractivity contribution in [1.29, 1.82) is 0 Å². The Morgan fingerprint density at radius 3 is 2.45 bits per heavy atom. The summed E-state index contributed by atoms with van der Waals surface area (Å²) in [5.41, 5.74) is 0.173. The van der Waals surface area contributed by atoms with Gasteiger partial charge in [-0.15, -0.1) is 0 Å². The number of carbonyl (C=O) groups is 1. The molecule has 0 radical (unpaired) electrons. The molecule has 0 saturated heterocycles. The van der Waals surface area contributed by atoms with Gasteiger partial charge >= 0.3 is 11.8 Å². The predicted molar refractivity (Wildman–Crippen MR) is 117 cm³/mol. The van der Waals surface area contributed by atoms with Crippen molar-refractivity contribution in [3.8, 4) is 0 Å². The minimum atomic E-state index is -0.535. The van der Waals surface area contributed by atoms with E-state index in [1.165, 1.54) is 0 Å². The Kier molecular flexibility index (Phi) is 9.61. The van der Waals surface area contributed by atoms with Crippen molar-refractivity contribution in [3.05, 3.63) is 39.5 Å². The van der Waals surface area contributed by atoms with Crippen molar-refractivity contribution in [2.24, 2.45) is 0 Å². The first-order valence-corrected chi connectivity index (χ1v) is 10.00. The maximum Gasteiger partial charge on any atom is 0.407 e. The third-order valence-electron chi connectivity index (χ3n) is 3.58. The van der Waals surface area contributed by atoms with Crippen molar-refractivity contribution in [2.45, 2.75) is 53.1 Å². The molecule has 0 saturated carbocycles. The second-order valence-electron chi connectivity index (χ2n) is 6.96. The molecule has 0 aliphatic carbocycles. The van der Waals surface area contributed by atoms with Crippen molar-refractivity contribution in [2.75, 3.05) is 18.4 Å². The number of nitrogens with one attached hydrogen (secondary N) is 2. The Morgan fingerprint density at radius 1 is 1.21 bits per heavy atom. The number of fused-ring (bicyclic) bond motifs is 1. The summed E-state index contributed by atoms with van der Waals surface area (Å²) in [4.78, 5) is 26.5. The van der Waals surface area contributed by atoms with Gasteiger partial charge in [-0.05, 0) is 39.7 Å². The summed E-state index contributed by atoms with van der Waals surface area (Å²) in [5.74, 6) is 0. The van der Waals surface area contributed by atoms with Crippen LogP contribution in [0.5, 0.6) is 0 Å². The van der Waals surface area contributed by atoms with Gasteiger partial charge in [0.05, 0.1) is 10.4 Å². The van der Waals surface area contributed by atoms with Gasteiger partial charge in [-0.25, -0.2) is 9.78 Å². The zero-order valence-electron chi connectivity index (χ0n) is 17.5. The van der Waals surface area contributed by atoms with Crippen LogP contribution in [0.25, 0.3) is 10.9 Å². The van der Waals surface area contributed by atoms with Gasteiger partial charge in [0.25, 0.3) is 0 Å². The van der Waals surface area contributed by atoms with Gasteiger partial charge in [-0.3, -0.25) is 10.1 Å². The number of halogens is 1. The molecule has 0 spiro atoms. The van der Waals surface area contributed by atoms with Crippen LogP contribution in [-0.2, 0) is 4.74 Å². The first-order chi connectivity index (χ1) is 13.7. The quantitative estimate of drug-likeness (QED) is 0.261. The molecule has 9 heteroatoms. The number of ether oxygens (including phenoxy) is 1. The van der Waals surface area contributed by atoms with Crippen LogP contribution in [0, 0.1) is 10.1 Å². The Morgan fingerprint density at radius 2 is 1.83 bits per heavy atom. The van der Waals surface area contributed by atoms with Crippen molar-refractivity contribution >= 4 is 40.0 Å². The monoisotopic (exact) mass is 424 g/mol. The zero-order valence-corrected chi connectivity index (χ0v) is 18.3. The molecule has 160 valence electrons. The number of alkyl carbamates (subject to hydrolysis) is 1. The van der Waals surface area contributed by atoms with Crippen LogP contribution >= 0.6 is 11.6 Å². The van der Waals surface area contributed by atoms with Crippen molar-refractivity contribution in [3.63, 3.8) is 0 Å². The van der Waals surface area contributed by atoms with Crippen LogP contribution in [0.4, 0.5) is 16.2 Å². The molecule has 0 aliphatic rings. The number of pyridine rings is 1. The maximum atomic E-state index is 11.6. The molecule has 2 rings (SSSR count). The number of hydrogen-bond acceptors (Lipinski definition) is 6. The van der Waals surface area contributed by atoms with E-state index in [9.17, 15) is 14.9 Å². The number of aromatic nitrogens is 1. The lowest BCUT2D eigenvalue weighted by molar-refractivity contribution is -0.384. The number of carbonyl (C=O) groups excluding carboxylic acids is 1. The standard InChI is InChI=1S/C18H23ClN4O4.C2H6/c1-18(2,3)27-17(24)21-11-7-6-10-20-14-12-8-4-5-9-13(12)22-16(19)15(14)23(25)26;1-2/h4-5,8-9H,6-7,10-11H2,1-3H3,(H,20,22)(H,21,24);1-2H3. The normalized spacial score (nSPS) is 10.7. The van der Waals surface area contributed by atoms with E-state index in [-0.39, 0.29) is 10.8 Å². The highest BCUT2D eigenvalue weighted by Gasteiger charge is 2.23. The summed E-state index contributed by atoms with van der Waals surface area (Å²) in [6.07, 6.45) is 0.927. The molecular weight excluding hydrogens is 396 g/mol. The molecule has 0 fully saturated rings. The lowest BCUT2D eigenvalue weighted by Crippen LogP contribution is -2.33. The summed E-state index contributed by atoms with van der Waals surface area (Å²) < 4.78 is 5.15. The van der Waals surface area contributed by atoms with Crippen LogP contribution < -0.4 is 10.6 Å². The molecule has 29 heavy (non-hydrogen) atoms. The number of amides is 1. The fraction of sp³-hybridized carbons (Fsp3) is 0.500. The highest BCUT2D eigenvalue weighted by atomic mass is 35.5. The third-order valence-corrected chi connectivity index (χ3v) is 3.84. The topological polar surface area (TPSA) is 106 Å². The second kappa shape index (κ2) is 11.4. The van der Waals surface area contributed by atoms with Crippen LogP contribution in [0.3, 0.4) is 0 Å². The highest BCUT2D eigenvalue weighted by molar-refractivity contribution is 6.33. The molecule has 1 amide bonds. The largest absolute Gasteiger partial charge is 0.444 e. The number of benzene rings is 1. The molecule has 0 atom stereocenters. The summed E-state index contributed by atoms with van der Waals surface area (Å²) in [5, 5.41) is 17.7. The molecule has 2 aromatic rings. The number of anilines is 1. The van der Waals surface area contributed by atoms with E-state index in [2.05, 4.69) is 15.6 Å². The van der Waals surface area contributed by atoms with Crippen molar-refractivity contribution < 1.29 is 14.5 Å². The van der Waals surface area contributed by atoms with Gasteiger partial charge in [0.1, 0.15) is 11.3 Å². The molecule has 2 N–H and O–H groups in total. The molecule has 1 heterocycles. The van der Waals surface area contributed by atoms with E-state index in [1.807, 2.05) is 13.8 Å². The Balaban J connectivity index is 0.00000204. The molecule has 1 aromatic carbocycles. The molecule has 8 nitrogen and oxygen atoms in total. The van der Waals surface area contributed by atoms with Gasteiger partial charge < -0.3 is 15.4 Å². The molecule has 1 aromatic heterocycles. The zero-order chi connectivity index (χ0) is 22.0. The van der Waals surface area contributed by atoms with Crippen LogP contribution in [0.2, 0.25) is 5.15 Å². The number of rotatable bonds is 7. The number of unbranched alkanes of at least 4 members (excludes halogenated alkanes) is 1. The Hall–Kier alpha value is -2.61. The Bertz CT molecular complexity index is 837. The predicted octanol–water partition coefficient (Wildman–Crippen LogP) is 5.54. The minimum absolute atomic E-state index is 0.146. The van der Waals surface area contributed by atoms with Crippen molar-refractivity contribution in [1.82, 2.24) is 10.3 Å². The fourth-order valence-corrected chi connectivity index (χ4v) is 2.74. The molecule has 0 unspecified atom stereocenters. The summed E-state index contributed by atoms with van der Waals surface area (Å²) in [7, 11) is 0. The molecule has 0 bridgehead atoms. The number of nitro groups is 1. The van der Waals surface area contributed by atoms with E-state index in [0.29, 0.717) is 42.5 Å². The highest BCUT2D eigenvalue weighted by Crippen LogP contribution is 2.37. The first kappa shape index (κ1) is 24.4. The van der Waals surface area contributed by atoms with E-state index in [4.69, 9.17) is 16.3 Å². The van der Waals surface area contributed by atoms with E-state index in [1.54, 1.807) is 45.0 Å². The molecule has 0 aliphatic heterocycles. The first-order valence-electron chi connectivity index (χ1n) is 9.62. The SMILES string of the molecule is CC.CC(C)(C)OC(=O)NCCCCNc1c([N+](=O)[O-])c(Cl)nc2ccccc12. The van der Waals surface area contributed by atoms with Crippen LogP contribution in [0.1, 0.15) is 47.5 Å². The summed E-state index contributed by atoms with van der Waals surface area (Å²) in [6.45, 7) is 10.3. The number of hydrogen-bond donors (Lipinski definition) is 2. The average Bonchev–Trinajstić information content (AvgIpc) is 2.64. The summed E-state index contributed by atoms with van der Waals surface area (Å²) in [6, 6.07) is 7.10. The van der Waals surface area contributed by atoms with Gasteiger partial charge in [0.15, 0.2) is 0 Å².